The average Bonchev–Trinajstić information content (AvgIpc) is 2.38. The van der Waals surface area contributed by atoms with Crippen LogP contribution in [0.4, 0.5) is 0 Å². The molecular formula is C15H23BrN2. The van der Waals surface area contributed by atoms with Crippen LogP contribution in [-0.4, -0.2) is 11.0 Å². The molecule has 1 fully saturated rings. The highest BCUT2D eigenvalue weighted by Crippen LogP contribution is 2.27. The van der Waals surface area contributed by atoms with Gasteiger partial charge in [0.2, 0.25) is 0 Å². The van der Waals surface area contributed by atoms with Crippen molar-refractivity contribution >= 4 is 15.9 Å². The van der Waals surface area contributed by atoms with E-state index in [2.05, 4.69) is 39.2 Å². The van der Waals surface area contributed by atoms with Gasteiger partial charge in [-0.25, -0.2) is 0 Å². The molecule has 1 aromatic heterocycles. The number of aromatic nitrogens is 1. The van der Waals surface area contributed by atoms with Gasteiger partial charge in [-0.05, 0) is 59.2 Å². The smallest absolute Gasteiger partial charge is 0.0410 e. The second-order valence-corrected chi connectivity index (χ2v) is 6.31. The van der Waals surface area contributed by atoms with Crippen molar-refractivity contribution in [3.8, 4) is 0 Å². The Hall–Kier alpha value is -0.410. The van der Waals surface area contributed by atoms with Crippen LogP contribution in [-0.2, 0) is 6.54 Å². The zero-order chi connectivity index (χ0) is 12.8. The van der Waals surface area contributed by atoms with E-state index in [1.807, 2.05) is 12.4 Å². The van der Waals surface area contributed by atoms with Crippen molar-refractivity contribution in [2.24, 2.45) is 5.92 Å². The summed E-state index contributed by atoms with van der Waals surface area (Å²) >= 11 is 3.46. The van der Waals surface area contributed by atoms with E-state index in [0.29, 0.717) is 6.04 Å². The fraction of sp³-hybridized carbons (Fsp3) is 0.667. The summed E-state index contributed by atoms with van der Waals surface area (Å²) in [6.07, 6.45) is 12.0. The summed E-state index contributed by atoms with van der Waals surface area (Å²) in [7, 11) is 0. The van der Waals surface area contributed by atoms with E-state index in [1.165, 1.54) is 44.1 Å². The topological polar surface area (TPSA) is 24.9 Å². The Bertz CT molecular complexity index is 359. The Balaban J connectivity index is 1.72. The van der Waals surface area contributed by atoms with Crippen molar-refractivity contribution in [2.75, 3.05) is 0 Å². The lowest BCUT2D eigenvalue weighted by atomic mass is 9.83. The molecule has 0 atom stereocenters. The van der Waals surface area contributed by atoms with Crippen molar-refractivity contribution in [1.82, 2.24) is 10.3 Å². The molecule has 1 heterocycles. The molecule has 0 aliphatic heterocycles. The maximum Gasteiger partial charge on any atom is 0.0410 e. The highest BCUT2D eigenvalue weighted by Gasteiger charge is 2.19. The third-order valence-electron chi connectivity index (χ3n) is 3.90. The normalized spacial score (nSPS) is 24.1. The highest BCUT2D eigenvalue weighted by molar-refractivity contribution is 9.10. The van der Waals surface area contributed by atoms with E-state index >= 15 is 0 Å². The van der Waals surface area contributed by atoms with E-state index in [9.17, 15) is 0 Å². The molecule has 100 valence electrons. The van der Waals surface area contributed by atoms with Crippen molar-refractivity contribution in [2.45, 2.75) is 58.0 Å². The van der Waals surface area contributed by atoms with Gasteiger partial charge in [0.05, 0.1) is 0 Å². The van der Waals surface area contributed by atoms with Gasteiger partial charge < -0.3 is 5.32 Å². The minimum atomic E-state index is 0.706. The van der Waals surface area contributed by atoms with Crippen LogP contribution in [0.15, 0.2) is 22.9 Å². The number of rotatable bonds is 5. The van der Waals surface area contributed by atoms with Gasteiger partial charge in [0, 0.05) is 29.5 Å². The van der Waals surface area contributed by atoms with E-state index in [1.54, 1.807) is 0 Å². The van der Waals surface area contributed by atoms with Gasteiger partial charge in [-0.3, -0.25) is 4.98 Å². The maximum absolute atomic E-state index is 4.20. The molecule has 2 rings (SSSR count). The highest BCUT2D eigenvalue weighted by atomic mass is 79.9. The van der Waals surface area contributed by atoms with E-state index < -0.39 is 0 Å². The van der Waals surface area contributed by atoms with Gasteiger partial charge in [0.1, 0.15) is 0 Å². The summed E-state index contributed by atoms with van der Waals surface area (Å²) in [4.78, 5) is 4.20. The quantitative estimate of drug-likeness (QED) is 0.877. The third kappa shape index (κ3) is 4.36. The van der Waals surface area contributed by atoms with Gasteiger partial charge in [0.25, 0.3) is 0 Å². The van der Waals surface area contributed by atoms with Crippen LogP contribution >= 0.6 is 15.9 Å². The first-order valence-electron chi connectivity index (χ1n) is 7.10. The van der Waals surface area contributed by atoms with Gasteiger partial charge in [0.15, 0.2) is 0 Å². The largest absolute Gasteiger partial charge is 0.310 e. The van der Waals surface area contributed by atoms with Crippen molar-refractivity contribution in [1.29, 1.82) is 0 Å². The summed E-state index contributed by atoms with van der Waals surface area (Å²) in [6.45, 7) is 3.24. The molecule has 0 aromatic carbocycles. The maximum atomic E-state index is 4.20. The number of halogens is 1. The zero-order valence-corrected chi connectivity index (χ0v) is 12.7. The van der Waals surface area contributed by atoms with Gasteiger partial charge in [-0.1, -0.05) is 19.8 Å². The molecule has 18 heavy (non-hydrogen) atoms. The van der Waals surface area contributed by atoms with Gasteiger partial charge >= 0.3 is 0 Å². The summed E-state index contributed by atoms with van der Waals surface area (Å²) in [5.41, 5.74) is 1.26. The van der Waals surface area contributed by atoms with Gasteiger partial charge in [-0.15, -0.1) is 0 Å². The molecule has 0 spiro atoms. The molecule has 1 aliphatic carbocycles. The van der Waals surface area contributed by atoms with Crippen molar-refractivity contribution in [3.63, 3.8) is 0 Å². The lowest BCUT2D eigenvalue weighted by Gasteiger charge is -2.29. The van der Waals surface area contributed by atoms with Crippen LogP contribution in [0.5, 0.6) is 0 Å². The molecule has 1 saturated carbocycles. The number of hydrogen-bond donors (Lipinski definition) is 1. The minimum absolute atomic E-state index is 0.706. The molecule has 1 aliphatic rings. The Morgan fingerprint density at radius 3 is 2.72 bits per heavy atom. The van der Waals surface area contributed by atoms with Crippen LogP contribution in [0.2, 0.25) is 0 Å². The Kier molecular flexibility index (Phi) is 5.64. The monoisotopic (exact) mass is 310 g/mol. The standard InChI is InChI=1S/C15H23BrN2/c1-2-3-12-4-6-15(7-5-12)18-10-13-8-14(16)11-17-9-13/h8-9,11-12,15,18H,2-7,10H2,1H3. The van der Waals surface area contributed by atoms with Gasteiger partial charge in [-0.2, -0.15) is 0 Å². The van der Waals surface area contributed by atoms with Crippen molar-refractivity contribution in [3.05, 3.63) is 28.5 Å². The molecular weight excluding hydrogens is 288 g/mol. The summed E-state index contributed by atoms with van der Waals surface area (Å²) in [6, 6.07) is 2.85. The first kappa shape index (κ1) is 14.0. The number of pyridine rings is 1. The van der Waals surface area contributed by atoms with E-state index in [0.717, 1.165) is 16.9 Å². The molecule has 0 saturated heterocycles. The molecule has 0 amide bonds. The molecule has 0 unspecified atom stereocenters. The Labute approximate surface area is 119 Å². The summed E-state index contributed by atoms with van der Waals surface area (Å²) in [5, 5.41) is 3.67. The van der Waals surface area contributed by atoms with Crippen LogP contribution in [0.1, 0.15) is 51.0 Å². The van der Waals surface area contributed by atoms with E-state index in [-0.39, 0.29) is 0 Å². The Morgan fingerprint density at radius 1 is 1.28 bits per heavy atom. The Morgan fingerprint density at radius 2 is 2.06 bits per heavy atom. The first-order chi connectivity index (χ1) is 8.78. The molecule has 1 N–H and O–H groups in total. The molecule has 3 heteroatoms. The summed E-state index contributed by atoms with van der Waals surface area (Å²) in [5.74, 6) is 0.987. The van der Waals surface area contributed by atoms with Crippen molar-refractivity contribution < 1.29 is 0 Å². The molecule has 0 bridgehead atoms. The minimum Gasteiger partial charge on any atom is -0.310 e. The molecule has 2 nitrogen and oxygen atoms in total. The van der Waals surface area contributed by atoms with E-state index in [4.69, 9.17) is 0 Å². The first-order valence-corrected chi connectivity index (χ1v) is 7.90. The average molecular weight is 311 g/mol. The second kappa shape index (κ2) is 7.25. The predicted molar refractivity (Wildman–Crippen MR) is 79.4 cm³/mol. The fourth-order valence-electron chi connectivity index (χ4n) is 2.88. The summed E-state index contributed by atoms with van der Waals surface area (Å²) < 4.78 is 1.06. The molecule has 0 radical (unpaired) electrons. The van der Waals surface area contributed by atoms with Crippen LogP contribution < -0.4 is 5.32 Å². The lowest BCUT2D eigenvalue weighted by molar-refractivity contribution is 0.277. The SMILES string of the molecule is CCCC1CCC(NCc2cncc(Br)c2)CC1. The lowest BCUT2D eigenvalue weighted by Crippen LogP contribution is -2.32. The number of nitrogens with zero attached hydrogens (tertiary/aromatic N) is 1. The fourth-order valence-corrected chi connectivity index (χ4v) is 3.29. The second-order valence-electron chi connectivity index (χ2n) is 5.40. The zero-order valence-electron chi connectivity index (χ0n) is 11.2. The van der Waals surface area contributed by atoms with Crippen LogP contribution in [0.3, 0.4) is 0 Å². The van der Waals surface area contributed by atoms with Crippen LogP contribution in [0.25, 0.3) is 0 Å². The van der Waals surface area contributed by atoms with Crippen LogP contribution in [0, 0.1) is 5.92 Å². The molecule has 1 aromatic rings. The number of hydrogen-bond acceptors (Lipinski definition) is 2. The third-order valence-corrected chi connectivity index (χ3v) is 4.33. The predicted octanol–water partition coefficient (Wildman–Crippen LogP) is 4.29. The number of nitrogens with one attached hydrogen (secondary N) is 1.